The van der Waals surface area contributed by atoms with E-state index >= 15 is 0 Å². The molecular formula is C24H16ClN3O2. The summed E-state index contributed by atoms with van der Waals surface area (Å²) >= 11 is 5.98. The van der Waals surface area contributed by atoms with Crippen LogP contribution in [0.15, 0.2) is 76.5 Å². The van der Waals surface area contributed by atoms with E-state index in [-0.39, 0.29) is 11.4 Å². The van der Waals surface area contributed by atoms with Crippen LogP contribution in [-0.2, 0) is 6.42 Å². The second kappa shape index (κ2) is 8.24. The molecule has 0 saturated heterocycles. The number of H-pyrrole nitrogens is 1. The number of nitrogens with one attached hydrogen (secondary N) is 1. The number of aromatic amines is 1. The van der Waals surface area contributed by atoms with E-state index in [9.17, 15) is 9.90 Å². The van der Waals surface area contributed by atoms with E-state index in [2.05, 4.69) is 16.0 Å². The van der Waals surface area contributed by atoms with Crippen LogP contribution in [0.4, 0.5) is 5.69 Å². The molecule has 0 bridgehead atoms. The van der Waals surface area contributed by atoms with Gasteiger partial charge in [0, 0.05) is 22.0 Å². The first-order valence-electron chi connectivity index (χ1n) is 9.20. The van der Waals surface area contributed by atoms with Crippen LogP contribution in [0.25, 0.3) is 21.9 Å². The van der Waals surface area contributed by atoms with Gasteiger partial charge in [-0.15, -0.1) is 0 Å². The van der Waals surface area contributed by atoms with Gasteiger partial charge in [0.15, 0.2) is 0 Å². The Kier molecular flexibility index (Phi) is 5.34. The van der Waals surface area contributed by atoms with Crippen LogP contribution in [0, 0.1) is 11.3 Å². The van der Waals surface area contributed by atoms with E-state index in [4.69, 9.17) is 16.9 Å². The Balaban J connectivity index is 1.79. The number of fused-ring (bicyclic) bond motifs is 1. The number of aromatic hydroxyl groups is 1. The number of pyridine rings is 1. The van der Waals surface area contributed by atoms with Gasteiger partial charge in [0.05, 0.1) is 23.7 Å². The molecule has 0 saturated carbocycles. The van der Waals surface area contributed by atoms with Crippen LogP contribution in [0.3, 0.4) is 0 Å². The van der Waals surface area contributed by atoms with Crippen molar-refractivity contribution in [3.63, 3.8) is 0 Å². The Morgan fingerprint density at radius 3 is 2.40 bits per heavy atom. The number of hydrogen-bond donors (Lipinski definition) is 2. The SMILES string of the molecule is N#CCc1ccc(N=Cc2c(O)[nH]c(=O)c3ccc(-c4ccc(Cl)cc4)cc23)cc1. The van der Waals surface area contributed by atoms with Crippen molar-refractivity contribution in [1.29, 1.82) is 5.26 Å². The molecule has 4 aromatic rings. The third-order valence-corrected chi connectivity index (χ3v) is 5.03. The molecule has 30 heavy (non-hydrogen) atoms. The molecule has 0 unspecified atom stereocenters. The lowest BCUT2D eigenvalue weighted by Crippen LogP contribution is -2.08. The van der Waals surface area contributed by atoms with Crippen molar-refractivity contribution in [2.75, 3.05) is 0 Å². The molecule has 6 heteroatoms. The van der Waals surface area contributed by atoms with Crippen LogP contribution in [0.1, 0.15) is 11.1 Å². The average molecular weight is 414 g/mol. The number of aromatic nitrogens is 1. The number of rotatable bonds is 4. The van der Waals surface area contributed by atoms with Gasteiger partial charge in [0.1, 0.15) is 0 Å². The van der Waals surface area contributed by atoms with Gasteiger partial charge < -0.3 is 5.11 Å². The summed E-state index contributed by atoms with van der Waals surface area (Å²) in [5, 5.41) is 20.8. The Hall–Kier alpha value is -3.88. The van der Waals surface area contributed by atoms with Crippen molar-refractivity contribution < 1.29 is 5.11 Å². The van der Waals surface area contributed by atoms with E-state index < -0.39 is 0 Å². The van der Waals surface area contributed by atoms with Crippen LogP contribution in [0.5, 0.6) is 5.88 Å². The second-order valence-electron chi connectivity index (χ2n) is 6.74. The van der Waals surface area contributed by atoms with Gasteiger partial charge >= 0.3 is 0 Å². The summed E-state index contributed by atoms with van der Waals surface area (Å²) in [6.45, 7) is 0. The molecule has 0 aliphatic carbocycles. The first-order chi connectivity index (χ1) is 14.5. The fraction of sp³-hybridized carbons (Fsp3) is 0.0417. The maximum absolute atomic E-state index is 12.3. The first-order valence-corrected chi connectivity index (χ1v) is 9.58. The standard InChI is InChI=1S/C24H16ClN3O2/c25-18-6-3-16(4-7-18)17-5-10-20-21(13-17)22(24(30)28-23(20)29)14-27-19-8-1-15(2-9-19)11-12-26/h1-10,13-14H,11H2,(H2,28,29,30). The van der Waals surface area contributed by atoms with Gasteiger partial charge in [0.2, 0.25) is 5.88 Å². The molecule has 3 aromatic carbocycles. The maximum atomic E-state index is 12.3. The largest absolute Gasteiger partial charge is 0.494 e. The number of nitriles is 1. The molecule has 0 atom stereocenters. The summed E-state index contributed by atoms with van der Waals surface area (Å²) < 4.78 is 0. The van der Waals surface area contributed by atoms with Gasteiger partial charge in [-0.3, -0.25) is 14.8 Å². The number of benzene rings is 3. The third-order valence-electron chi connectivity index (χ3n) is 4.78. The molecule has 0 aliphatic heterocycles. The predicted octanol–water partition coefficient (Wildman–Crippen LogP) is 5.37. The normalized spacial score (nSPS) is 11.1. The number of hydrogen-bond acceptors (Lipinski definition) is 4. The topological polar surface area (TPSA) is 89.2 Å². The van der Waals surface area contributed by atoms with Crippen LogP contribution in [-0.4, -0.2) is 16.3 Å². The highest BCUT2D eigenvalue weighted by Crippen LogP contribution is 2.28. The Morgan fingerprint density at radius 2 is 1.70 bits per heavy atom. The lowest BCUT2D eigenvalue weighted by molar-refractivity contribution is 0.452. The highest BCUT2D eigenvalue weighted by Gasteiger charge is 2.11. The van der Waals surface area contributed by atoms with Gasteiger partial charge in [0.25, 0.3) is 5.56 Å². The van der Waals surface area contributed by atoms with Crippen molar-refractivity contribution in [3.8, 4) is 23.1 Å². The smallest absolute Gasteiger partial charge is 0.258 e. The van der Waals surface area contributed by atoms with Crippen molar-refractivity contribution in [1.82, 2.24) is 4.98 Å². The molecule has 0 amide bonds. The molecule has 2 N–H and O–H groups in total. The quantitative estimate of drug-likeness (QED) is 0.440. The van der Waals surface area contributed by atoms with E-state index in [1.807, 2.05) is 36.4 Å². The molecule has 4 rings (SSSR count). The second-order valence-corrected chi connectivity index (χ2v) is 7.18. The Morgan fingerprint density at radius 1 is 1.00 bits per heavy atom. The zero-order valence-corrected chi connectivity index (χ0v) is 16.5. The fourth-order valence-corrected chi connectivity index (χ4v) is 3.34. The van der Waals surface area contributed by atoms with Crippen LogP contribution < -0.4 is 5.56 Å². The zero-order chi connectivity index (χ0) is 21.1. The van der Waals surface area contributed by atoms with Gasteiger partial charge in [-0.05, 0) is 53.1 Å². The molecule has 0 fully saturated rings. The number of nitrogens with zero attached hydrogens (tertiary/aromatic N) is 2. The summed E-state index contributed by atoms with van der Waals surface area (Å²) in [6, 6.07) is 22.2. The summed E-state index contributed by atoms with van der Waals surface area (Å²) in [5.41, 5.74) is 3.45. The molecule has 146 valence electrons. The predicted molar refractivity (Wildman–Crippen MR) is 120 cm³/mol. The minimum Gasteiger partial charge on any atom is -0.494 e. The molecule has 0 aliphatic rings. The lowest BCUT2D eigenvalue weighted by Gasteiger charge is -2.08. The van der Waals surface area contributed by atoms with Crippen molar-refractivity contribution in [2.45, 2.75) is 6.42 Å². The van der Waals surface area contributed by atoms with Crippen LogP contribution in [0.2, 0.25) is 5.02 Å². The molecule has 5 nitrogen and oxygen atoms in total. The molecule has 0 radical (unpaired) electrons. The zero-order valence-electron chi connectivity index (χ0n) is 15.8. The van der Waals surface area contributed by atoms with Crippen molar-refractivity contribution >= 4 is 34.3 Å². The molecule has 0 spiro atoms. The highest BCUT2D eigenvalue weighted by molar-refractivity contribution is 6.30. The summed E-state index contributed by atoms with van der Waals surface area (Å²) in [4.78, 5) is 19.2. The minimum atomic E-state index is -0.372. The first kappa shape index (κ1) is 19.4. The third kappa shape index (κ3) is 3.95. The molecule has 1 heterocycles. The summed E-state index contributed by atoms with van der Waals surface area (Å²) in [6.07, 6.45) is 1.86. The average Bonchev–Trinajstić information content (AvgIpc) is 2.75. The maximum Gasteiger partial charge on any atom is 0.258 e. The molecule has 1 aromatic heterocycles. The van der Waals surface area contributed by atoms with Crippen molar-refractivity contribution in [3.05, 3.63) is 93.2 Å². The van der Waals surface area contributed by atoms with Gasteiger partial charge in [-0.25, -0.2) is 0 Å². The number of halogens is 1. The lowest BCUT2D eigenvalue weighted by atomic mass is 10.00. The molecular weight excluding hydrogens is 398 g/mol. The van der Waals surface area contributed by atoms with E-state index in [0.717, 1.165) is 16.7 Å². The summed E-state index contributed by atoms with van der Waals surface area (Å²) in [7, 11) is 0. The van der Waals surface area contributed by atoms with E-state index in [1.165, 1.54) is 6.21 Å². The highest BCUT2D eigenvalue weighted by atomic mass is 35.5. The summed E-state index contributed by atoms with van der Waals surface area (Å²) in [5.74, 6) is -0.245. The van der Waals surface area contributed by atoms with E-state index in [0.29, 0.717) is 33.5 Å². The number of aliphatic imine (C=N–C) groups is 1. The van der Waals surface area contributed by atoms with Crippen molar-refractivity contribution in [2.24, 2.45) is 4.99 Å². The van der Waals surface area contributed by atoms with Gasteiger partial charge in [-0.2, -0.15) is 5.26 Å². The Labute approximate surface area is 177 Å². The van der Waals surface area contributed by atoms with Gasteiger partial charge in [-0.1, -0.05) is 41.9 Å². The minimum absolute atomic E-state index is 0.245. The Bertz CT molecular complexity index is 1350. The monoisotopic (exact) mass is 413 g/mol. The van der Waals surface area contributed by atoms with E-state index in [1.54, 1.807) is 30.3 Å². The fourth-order valence-electron chi connectivity index (χ4n) is 3.22. The van der Waals surface area contributed by atoms with Crippen LogP contribution >= 0.6 is 11.6 Å².